The summed E-state index contributed by atoms with van der Waals surface area (Å²) >= 11 is 22.4. The predicted molar refractivity (Wildman–Crippen MR) is 103 cm³/mol. The zero-order chi connectivity index (χ0) is 17.8. The third-order valence-corrected chi connectivity index (χ3v) is 3.29. The van der Waals surface area contributed by atoms with Crippen LogP contribution in [-0.4, -0.2) is 32.9 Å². The van der Waals surface area contributed by atoms with Crippen LogP contribution >= 0.6 is 46.4 Å². The van der Waals surface area contributed by atoms with Gasteiger partial charge in [-0.25, -0.2) is 5.90 Å². The second-order valence-electron chi connectivity index (χ2n) is 3.40. The molecule has 0 radical (unpaired) electrons. The first-order chi connectivity index (χ1) is 11.0. The molecule has 0 saturated heterocycles. The SMILES string of the molecule is C.C.NO.O/N=C/c1c(Cl)cncc1Cl.O=Cc1c(Cl)cncc1Cl. The number of hydrogen-bond donors (Lipinski definition) is 3. The van der Waals surface area contributed by atoms with Crippen LogP contribution in [0.2, 0.25) is 20.1 Å². The molecule has 2 rings (SSSR count). The van der Waals surface area contributed by atoms with E-state index in [1.165, 1.54) is 24.8 Å². The molecule has 2 heterocycles. The van der Waals surface area contributed by atoms with E-state index in [0.717, 1.165) is 6.21 Å². The molecule has 25 heavy (non-hydrogen) atoms. The third kappa shape index (κ3) is 9.54. The largest absolute Gasteiger partial charge is 0.411 e. The van der Waals surface area contributed by atoms with Crippen LogP contribution in [0.5, 0.6) is 0 Å². The van der Waals surface area contributed by atoms with Crippen molar-refractivity contribution in [1.82, 2.24) is 9.97 Å². The van der Waals surface area contributed by atoms with Gasteiger partial charge in [-0.3, -0.25) is 14.8 Å². The molecule has 140 valence electrons. The maximum absolute atomic E-state index is 10.3. The highest BCUT2D eigenvalue weighted by atomic mass is 35.5. The van der Waals surface area contributed by atoms with Crippen LogP contribution in [0.4, 0.5) is 0 Å². The van der Waals surface area contributed by atoms with Crippen LogP contribution in [0.1, 0.15) is 30.8 Å². The van der Waals surface area contributed by atoms with E-state index in [4.69, 9.17) is 56.8 Å². The fourth-order valence-corrected chi connectivity index (χ4v) is 2.05. The zero-order valence-electron chi connectivity index (χ0n) is 11.2. The Hall–Kier alpha value is -1.48. The maximum Gasteiger partial charge on any atom is 0.153 e. The minimum absolute atomic E-state index is 0. The van der Waals surface area contributed by atoms with Gasteiger partial charge in [0.05, 0.1) is 31.9 Å². The summed E-state index contributed by atoms with van der Waals surface area (Å²) in [7, 11) is 0. The van der Waals surface area contributed by atoms with E-state index in [9.17, 15) is 4.79 Å². The zero-order valence-corrected chi connectivity index (χ0v) is 14.2. The number of nitrogens with two attached hydrogens (primary N) is 1. The Morgan fingerprint density at radius 1 is 0.840 bits per heavy atom. The van der Waals surface area contributed by atoms with Gasteiger partial charge in [-0.2, -0.15) is 0 Å². The quantitative estimate of drug-likeness (QED) is 0.266. The summed E-state index contributed by atoms with van der Waals surface area (Å²) in [4.78, 5) is 17.6. The molecule has 0 unspecified atom stereocenters. The molecule has 7 nitrogen and oxygen atoms in total. The Labute approximate surface area is 166 Å². The lowest BCUT2D eigenvalue weighted by Gasteiger charge is -1.96. The molecule has 0 saturated carbocycles. The first-order valence-corrected chi connectivity index (χ1v) is 6.98. The lowest BCUT2D eigenvalue weighted by Crippen LogP contribution is -1.86. The van der Waals surface area contributed by atoms with E-state index in [1.54, 1.807) is 0 Å². The van der Waals surface area contributed by atoms with Gasteiger partial charge in [0, 0.05) is 30.4 Å². The Balaban J connectivity index is -0.000000329. The first kappa shape index (κ1) is 28.3. The number of carbonyl (C=O) groups is 1. The Morgan fingerprint density at radius 2 is 1.16 bits per heavy atom. The number of oxime groups is 1. The molecule has 0 aromatic carbocycles. The average molecular weight is 432 g/mol. The molecule has 4 N–H and O–H groups in total. The van der Waals surface area contributed by atoms with E-state index in [1.807, 2.05) is 0 Å². The molecule has 11 heteroatoms. The Bertz CT molecular complexity index is 632. The van der Waals surface area contributed by atoms with E-state index < -0.39 is 0 Å². The van der Waals surface area contributed by atoms with Gasteiger partial charge in [-0.05, 0) is 0 Å². The lowest BCUT2D eigenvalue weighted by atomic mass is 10.3. The summed E-state index contributed by atoms with van der Waals surface area (Å²) in [6.07, 6.45) is 7.35. The monoisotopic (exact) mass is 430 g/mol. The normalized spacial score (nSPS) is 8.72. The predicted octanol–water partition coefficient (Wildman–Crippen LogP) is 5.00. The molecular weight excluding hydrogens is 414 g/mol. The van der Waals surface area contributed by atoms with Gasteiger partial charge in [0.25, 0.3) is 0 Å². The van der Waals surface area contributed by atoms with Gasteiger partial charge >= 0.3 is 0 Å². The van der Waals surface area contributed by atoms with E-state index in [2.05, 4.69) is 21.0 Å². The fraction of sp³-hybridized carbons (Fsp3) is 0.143. The lowest BCUT2D eigenvalue weighted by molar-refractivity contribution is 0.112. The maximum atomic E-state index is 10.3. The van der Waals surface area contributed by atoms with Crippen LogP contribution in [-0.2, 0) is 0 Å². The van der Waals surface area contributed by atoms with Crippen molar-refractivity contribution in [2.24, 2.45) is 11.1 Å². The van der Waals surface area contributed by atoms with Crippen molar-refractivity contribution in [3.63, 3.8) is 0 Å². The molecular formula is C14H18Cl4N4O3. The van der Waals surface area contributed by atoms with Crippen LogP contribution in [0.25, 0.3) is 0 Å². The summed E-state index contributed by atoms with van der Waals surface area (Å²) in [6, 6.07) is 0. The molecule has 0 aliphatic rings. The third-order valence-electron chi connectivity index (χ3n) is 2.09. The topological polar surface area (TPSA) is 122 Å². The van der Waals surface area contributed by atoms with Gasteiger partial charge < -0.3 is 10.4 Å². The Kier molecular flexibility index (Phi) is 18.1. The van der Waals surface area contributed by atoms with Gasteiger partial charge in [0.1, 0.15) is 0 Å². The number of aromatic nitrogens is 2. The van der Waals surface area contributed by atoms with E-state index in [-0.39, 0.29) is 24.9 Å². The van der Waals surface area contributed by atoms with Gasteiger partial charge in [0.15, 0.2) is 6.29 Å². The van der Waals surface area contributed by atoms with Crippen molar-refractivity contribution in [3.8, 4) is 0 Å². The first-order valence-electron chi connectivity index (χ1n) is 5.47. The fourth-order valence-electron chi connectivity index (χ4n) is 1.14. The van der Waals surface area contributed by atoms with Crippen molar-refractivity contribution >= 4 is 58.9 Å². The number of halogens is 4. The van der Waals surface area contributed by atoms with Crippen molar-refractivity contribution in [1.29, 1.82) is 0 Å². The molecule has 0 bridgehead atoms. The van der Waals surface area contributed by atoms with Crippen molar-refractivity contribution in [2.75, 3.05) is 0 Å². The highest BCUT2D eigenvalue weighted by molar-refractivity contribution is 6.38. The van der Waals surface area contributed by atoms with Gasteiger partial charge in [-0.1, -0.05) is 66.4 Å². The van der Waals surface area contributed by atoms with Crippen molar-refractivity contribution in [2.45, 2.75) is 14.9 Å². The van der Waals surface area contributed by atoms with E-state index in [0.29, 0.717) is 27.5 Å². The molecule has 0 atom stereocenters. The molecule has 0 amide bonds. The van der Waals surface area contributed by atoms with Gasteiger partial charge in [-0.15, -0.1) is 0 Å². The summed E-state index contributed by atoms with van der Waals surface area (Å²) in [5.41, 5.74) is 0.754. The van der Waals surface area contributed by atoms with Gasteiger partial charge in [0.2, 0.25) is 0 Å². The summed E-state index contributed by atoms with van der Waals surface area (Å²) in [6.45, 7) is 0. The number of aldehydes is 1. The minimum atomic E-state index is 0. The molecule has 2 aromatic rings. The van der Waals surface area contributed by atoms with Crippen LogP contribution in [0, 0.1) is 0 Å². The van der Waals surface area contributed by atoms with Crippen molar-refractivity contribution in [3.05, 3.63) is 56.0 Å². The summed E-state index contributed by atoms with van der Waals surface area (Å²) in [5, 5.41) is 18.8. The molecule has 0 aliphatic carbocycles. The summed E-state index contributed by atoms with van der Waals surface area (Å²) in [5.74, 6) is 3.50. The number of nitrogens with zero attached hydrogens (tertiary/aromatic N) is 3. The van der Waals surface area contributed by atoms with Crippen LogP contribution < -0.4 is 5.90 Å². The van der Waals surface area contributed by atoms with E-state index >= 15 is 0 Å². The minimum Gasteiger partial charge on any atom is -0.411 e. The second kappa shape index (κ2) is 16.0. The number of pyridine rings is 2. The van der Waals surface area contributed by atoms with Crippen LogP contribution in [0.3, 0.4) is 0 Å². The average Bonchev–Trinajstić information content (AvgIpc) is 2.54. The molecule has 2 aromatic heterocycles. The summed E-state index contributed by atoms with van der Waals surface area (Å²) < 4.78 is 0. The molecule has 0 aliphatic heterocycles. The highest BCUT2D eigenvalue weighted by Gasteiger charge is 2.03. The number of carbonyl (C=O) groups excluding carboxylic acids is 1. The van der Waals surface area contributed by atoms with Crippen molar-refractivity contribution < 1.29 is 15.2 Å². The standard InChI is InChI=1S/C6H4Cl2N2O.C6H3Cl2NO.2CH4.H3NO/c7-5-2-9-3-6(8)4(5)1-10-11;7-5-1-9-2-6(8)4(5)3-10;;;1-2/h1-3,11H;1-3H;2*1H4;2H,1H2/b10-1+;;;;. The van der Waals surface area contributed by atoms with Crippen LogP contribution in [0.15, 0.2) is 29.9 Å². The number of rotatable bonds is 2. The molecule has 0 fully saturated rings. The number of hydrogen-bond acceptors (Lipinski definition) is 7. The molecule has 0 spiro atoms. The Morgan fingerprint density at radius 3 is 1.40 bits per heavy atom. The highest BCUT2D eigenvalue weighted by Crippen LogP contribution is 2.20. The second-order valence-corrected chi connectivity index (χ2v) is 5.02. The smallest absolute Gasteiger partial charge is 0.153 e.